The molecule has 0 spiro atoms. The second-order valence-electron chi connectivity index (χ2n) is 9.67. The van der Waals surface area contributed by atoms with Gasteiger partial charge in [-0.15, -0.1) is 0 Å². The molecule has 7 rings (SSSR count). The van der Waals surface area contributed by atoms with Gasteiger partial charge in [0, 0.05) is 51.6 Å². The molecule has 0 amide bonds. The molecule has 0 atom stereocenters. The summed E-state index contributed by atoms with van der Waals surface area (Å²) in [5.41, 5.74) is 6.35. The van der Waals surface area contributed by atoms with Gasteiger partial charge in [0.05, 0.1) is 0 Å². The fourth-order valence-corrected chi connectivity index (χ4v) is 4.59. The Balaban J connectivity index is 1.31. The van der Waals surface area contributed by atoms with Gasteiger partial charge in [-0.1, -0.05) is 15.5 Å². The van der Waals surface area contributed by atoms with Gasteiger partial charge in [0.25, 0.3) is 0 Å². The van der Waals surface area contributed by atoms with Crippen LogP contribution in [0.15, 0.2) is 123 Å². The van der Waals surface area contributed by atoms with Gasteiger partial charge in [-0.3, -0.25) is 0 Å². The first-order valence-electron chi connectivity index (χ1n) is 12.9. The zero-order valence-corrected chi connectivity index (χ0v) is 21.8. The van der Waals surface area contributed by atoms with E-state index in [4.69, 9.17) is 13.6 Å². The molecule has 3 N–H and O–H groups in total. The first-order chi connectivity index (χ1) is 20.5. The van der Waals surface area contributed by atoms with Gasteiger partial charge < -0.3 is 28.9 Å². The van der Waals surface area contributed by atoms with Gasteiger partial charge in [-0.25, -0.2) is 0 Å². The zero-order chi connectivity index (χ0) is 28.6. The van der Waals surface area contributed by atoms with Crippen molar-refractivity contribution in [3.05, 3.63) is 109 Å². The standard InChI is InChI=1S/C33H21N3O6/c37-25-7-1-19(2-8-25)28-16-31(40-34-28)22-13-23(32-17-29(35-41-32)20-3-9-26(38)10-4-20)15-24(14-22)33-18-30(36-42-33)21-5-11-27(39)12-6-21/h1-18,37-39H. The van der Waals surface area contributed by atoms with Crippen molar-refractivity contribution in [3.63, 3.8) is 0 Å². The number of hydrogen-bond acceptors (Lipinski definition) is 9. The predicted octanol–water partition coefficient (Wildman–Crippen LogP) is 7.77. The average Bonchev–Trinajstić information content (AvgIpc) is 3.80. The zero-order valence-electron chi connectivity index (χ0n) is 21.8. The summed E-state index contributed by atoms with van der Waals surface area (Å²) in [6, 6.07) is 31.3. The first kappa shape index (κ1) is 24.9. The van der Waals surface area contributed by atoms with Crippen LogP contribution in [0.1, 0.15) is 0 Å². The molecule has 0 aliphatic rings. The van der Waals surface area contributed by atoms with Crippen LogP contribution in [-0.2, 0) is 0 Å². The maximum atomic E-state index is 9.64. The van der Waals surface area contributed by atoms with Crippen LogP contribution in [0.3, 0.4) is 0 Å². The Morgan fingerprint density at radius 1 is 0.333 bits per heavy atom. The van der Waals surface area contributed by atoms with Gasteiger partial charge in [0.15, 0.2) is 17.3 Å². The number of benzene rings is 4. The van der Waals surface area contributed by atoms with E-state index in [2.05, 4.69) is 15.5 Å². The second-order valence-corrected chi connectivity index (χ2v) is 9.67. The highest BCUT2D eigenvalue weighted by Crippen LogP contribution is 2.37. The van der Waals surface area contributed by atoms with E-state index in [1.54, 1.807) is 72.8 Å². The molecule has 0 aliphatic heterocycles. The van der Waals surface area contributed by atoms with Crippen LogP contribution in [0.25, 0.3) is 67.7 Å². The van der Waals surface area contributed by atoms with Crippen molar-refractivity contribution >= 4 is 0 Å². The minimum Gasteiger partial charge on any atom is -0.508 e. The molecule has 0 aliphatic carbocycles. The average molecular weight is 556 g/mol. The van der Waals surface area contributed by atoms with Crippen molar-refractivity contribution < 1.29 is 28.9 Å². The van der Waals surface area contributed by atoms with Crippen molar-refractivity contribution in [3.8, 4) is 85.0 Å². The van der Waals surface area contributed by atoms with E-state index < -0.39 is 0 Å². The molecule has 3 heterocycles. The lowest BCUT2D eigenvalue weighted by atomic mass is 9.99. The molecular formula is C33H21N3O6. The van der Waals surface area contributed by atoms with Gasteiger partial charge >= 0.3 is 0 Å². The third kappa shape index (κ3) is 4.86. The van der Waals surface area contributed by atoms with E-state index in [1.165, 1.54) is 0 Å². The highest BCUT2D eigenvalue weighted by molar-refractivity contribution is 5.80. The first-order valence-corrected chi connectivity index (χ1v) is 12.9. The molecule has 7 aromatic rings. The number of rotatable bonds is 6. The van der Waals surface area contributed by atoms with E-state index in [1.807, 2.05) is 36.4 Å². The van der Waals surface area contributed by atoms with Crippen molar-refractivity contribution in [1.29, 1.82) is 0 Å². The van der Waals surface area contributed by atoms with Gasteiger partial charge in [-0.2, -0.15) is 0 Å². The summed E-state index contributed by atoms with van der Waals surface area (Å²) < 4.78 is 17.2. The van der Waals surface area contributed by atoms with E-state index in [0.29, 0.717) is 51.1 Å². The summed E-state index contributed by atoms with van der Waals surface area (Å²) in [5, 5.41) is 41.6. The van der Waals surface area contributed by atoms with Crippen LogP contribution >= 0.6 is 0 Å². The largest absolute Gasteiger partial charge is 0.508 e. The van der Waals surface area contributed by atoms with Gasteiger partial charge in [0.1, 0.15) is 34.3 Å². The van der Waals surface area contributed by atoms with Gasteiger partial charge in [-0.05, 0) is 91.0 Å². The number of aromatic hydroxyl groups is 3. The number of aromatic nitrogens is 3. The Bertz CT molecular complexity index is 1760. The Morgan fingerprint density at radius 2 is 0.595 bits per heavy atom. The van der Waals surface area contributed by atoms with Crippen LogP contribution in [0.5, 0.6) is 17.2 Å². The van der Waals surface area contributed by atoms with Crippen molar-refractivity contribution in [2.24, 2.45) is 0 Å². The highest BCUT2D eigenvalue weighted by atomic mass is 16.5. The quantitative estimate of drug-likeness (QED) is 0.188. The molecule has 0 fully saturated rings. The van der Waals surface area contributed by atoms with Crippen molar-refractivity contribution in [1.82, 2.24) is 15.5 Å². The molecule has 42 heavy (non-hydrogen) atoms. The van der Waals surface area contributed by atoms with Crippen LogP contribution < -0.4 is 0 Å². The molecule has 0 saturated carbocycles. The lowest BCUT2D eigenvalue weighted by Gasteiger charge is -2.04. The fraction of sp³-hybridized carbons (Fsp3) is 0. The van der Waals surface area contributed by atoms with E-state index in [0.717, 1.165) is 16.7 Å². The summed E-state index contributed by atoms with van der Waals surface area (Å²) >= 11 is 0. The minimum absolute atomic E-state index is 0.164. The second kappa shape index (κ2) is 10.1. The molecule has 3 aromatic heterocycles. The summed E-state index contributed by atoms with van der Waals surface area (Å²) in [6.45, 7) is 0. The Hall–Kier alpha value is -6.09. The summed E-state index contributed by atoms with van der Waals surface area (Å²) in [4.78, 5) is 0. The minimum atomic E-state index is 0.164. The van der Waals surface area contributed by atoms with E-state index in [-0.39, 0.29) is 17.2 Å². The molecule has 4 aromatic carbocycles. The molecule has 204 valence electrons. The third-order valence-electron chi connectivity index (χ3n) is 6.81. The summed E-state index contributed by atoms with van der Waals surface area (Å²) in [6.07, 6.45) is 0. The predicted molar refractivity (Wildman–Crippen MR) is 154 cm³/mol. The summed E-state index contributed by atoms with van der Waals surface area (Å²) in [5.74, 6) is 2.03. The van der Waals surface area contributed by atoms with E-state index >= 15 is 0 Å². The maximum Gasteiger partial charge on any atom is 0.167 e. The monoisotopic (exact) mass is 555 g/mol. The fourth-order valence-electron chi connectivity index (χ4n) is 4.59. The van der Waals surface area contributed by atoms with Crippen molar-refractivity contribution in [2.45, 2.75) is 0 Å². The smallest absolute Gasteiger partial charge is 0.167 e. The number of phenols is 3. The highest BCUT2D eigenvalue weighted by Gasteiger charge is 2.18. The lowest BCUT2D eigenvalue weighted by molar-refractivity contribution is 0.432. The molecule has 9 heteroatoms. The molecule has 0 radical (unpaired) electrons. The lowest BCUT2D eigenvalue weighted by Crippen LogP contribution is -1.83. The van der Waals surface area contributed by atoms with Gasteiger partial charge in [0.2, 0.25) is 0 Å². The molecular weight excluding hydrogens is 534 g/mol. The molecule has 0 bridgehead atoms. The van der Waals surface area contributed by atoms with Crippen LogP contribution in [-0.4, -0.2) is 30.8 Å². The topological polar surface area (TPSA) is 139 Å². The molecule has 9 nitrogen and oxygen atoms in total. The maximum absolute atomic E-state index is 9.64. The SMILES string of the molecule is Oc1ccc(-c2cc(-c3cc(-c4cc(-c5ccc(O)cc5)no4)cc(-c4cc(-c5ccc(O)cc5)no4)c3)on2)cc1. The normalized spacial score (nSPS) is 11.1. The van der Waals surface area contributed by atoms with Crippen LogP contribution in [0, 0.1) is 0 Å². The number of phenolic OH excluding ortho intramolecular Hbond substituents is 3. The van der Waals surface area contributed by atoms with Crippen molar-refractivity contribution in [2.75, 3.05) is 0 Å². The Morgan fingerprint density at radius 3 is 0.857 bits per heavy atom. The molecule has 0 unspecified atom stereocenters. The van der Waals surface area contributed by atoms with E-state index in [9.17, 15) is 15.3 Å². The number of hydrogen-bond donors (Lipinski definition) is 3. The van der Waals surface area contributed by atoms with Crippen LogP contribution in [0.2, 0.25) is 0 Å². The third-order valence-corrected chi connectivity index (χ3v) is 6.81. The summed E-state index contributed by atoms with van der Waals surface area (Å²) in [7, 11) is 0. The Kier molecular flexibility index (Phi) is 6.02. The number of nitrogens with zero attached hydrogens (tertiary/aromatic N) is 3. The van der Waals surface area contributed by atoms with Crippen LogP contribution in [0.4, 0.5) is 0 Å². The molecule has 0 saturated heterocycles. The Labute approximate surface area is 238 Å².